The summed E-state index contributed by atoms with van der Waals surface area (Å²) in [6.07, 6.45) is 5.75. The van der Waals surface area contributed by atoms with Gasteiger partial charge in [-0.3, -0.25) is 5.73 Å². The van der Waals surface area contributed by atoms with Crippen LogP contribution < -0.4 is 10.6 Å². The first-order valence-corrected chi connectivity index (χ1v) is 10.3. The lowest BCUT2D eigenvalue weighted by molar-refractivity contribution is -0.137. The number of ether oxygens (including phenoxy) is 1. The fourth-order valence-electron chi connectivity index (χ4n) is 4.25. The van der Waals surface area contributed by atoms with Crippen molar-refractivity contribution in [3.63, 3.8) is 0 Å². The van der Waals surface area contributed by atoms with Gasteiger partial charge in [-0.1, -0.05) is 11.3 Å². The zero-order valence-corrected chi connectivity index (χ0v) is 15.1. The number of piperidine rings is 3. The van der Waals surface area contributed by atoms with E-state index in [1.807, 2.05) is 6.26 Å². The van der Waals surface area contributed by atoms with Crippen molar-refractivity contribution < 1.29 is 4.74 Å². The highest BCUT2D eigenvalue weighted by Crippen LogP contribution is 2.44. The maximum absolute atomic E-state index is 6.33. The Balaban J connectivity index is 1.47. The number of thiazole rings is 1. The summed E-state index contributed by atoms with van der Waals surface area (Å²) in [6, 6.07) is 0. The largest absolute Gasteiger partial charge is 0.335 e. The number of anilines is 1. The Morgan fingerprint density at radius 1 is 1.33 bits per heavy atom. The first-order chi connectivity index (χ1) is 11.7. The molecular weight excluding hydrogens is 344 g/mol. The minimum Gasteiger partial charge on any atom is -0.335 e. The van der Waals surface area contributed by atoms with Crippen LogP contribution >= 0.6 is 23.1 Å². The summed E-state index contributed by atoms with van der Waals surface area (Å²) in [6.45, 7) is 4.18. The third-order valence-electron chi connectivity index (χ3n) is 5.47. The van der Waals surface area contributed by atoms with E-state index in [-0.39, 0.29) is 5.60 Å². The molecule has 4 aliphatic heterocycles. The van der Waals surface area contributed by atoms with Crippen molar-refractivity contribution in [3.05, 3.63) is 6.20 Å². The highest BCUT2D eigenvalue weighted by atomic mass is 32.2. The number of nitrogens with two attached hydrogens (primary N) is 1. The molecule has 4 aliphatic rings. The van der Waals surface area contributed by atoms with Crippen molar-refractivity contribution in [2.24, 2.45) is 11.7 Å². The molecule has 4 saturated heterocycles. The Hall–Kier alpha value is -1.00. The van der Waals surface area contributed by atoms with E-state index >= 15 is 0 Å². The number of hydrogen-bond acceptors (Lipinski definition) is 9. The van der Waals surface area contributed by atoms with Gasteiger partial charge in [-0.05, 0) is 38.1 Å². The van der Waals surface area contributed by atoms with Crippen LogP contribution in [0.5, 0.6) is 0 Å². The molecule has 128 valence electrons. The third-order valence-corrected chi connectivity index (χ3v) is 7.06. The number of fused-ring (bicyclic) bond motifs is 3. The number of thioether (sulfide) groups is 1. The van der Waals surface area contributed by atoms with Crippen LogP contribution in [0.2, 0.25) is 0 Å². The number of rotatable bonds is 2. The molecule has 24 heavy (non-hydrogen) atoms. The molecule has 0 aromatic carbocycles. The molecule has 0 saturated carbocycles. The second kappa shape index (κ2) is 5.50. The van der Waals surface area contributed by atoms with Gasteiger partial charge in [0.15, 0.2) is 22.0 Å². The fourth-order valence-corrected chi connectivity index (χ4v) is 5.57. The SMILES string of the molecule is CSc1cnc2nc(N3CC4(CN5CCC4CC5)OC3N)sc2n1. The zero-order chi connectivity index (χ0) is 16.3. The average Bonchev–Trinajstić information content (AvgIpc) is 3.16. The van der Waals surface area contributed by atoms with Crippen molar-refractivity contribution in [2.45, 2.75) is 29.8 Å². The van der Waals surface area contributed by atoms with Crippen LogP contribution in [0.1, 0.15) is 12.8 Å². The summed E-state index contributed by atoms with van der Waals surface area (Å²) >= 11 is 3.14. The molecule has 2 aromatic rings. The highest BCUT2D eigenvalue weighted by molar-refractivity contribution is 7.98. The van der Waals surface area contributed by atoms with Crippen LogP contribution in [0, 0.1) is 5.92 Å². The molecule has 0 radical (unpaired) electrons. The lowest BCUT2D eigenvalue weighted by Gasteiger charge is -2.50. The van der Waals surface area contributed by atoms with Gasteiger partial charge in [0.2, 0.25) is 0 Å². The molecule has 6 heterocycles. The number of hydrogen-bond donors (Lipinski definition) is 1. The van der Waals surface area contributed by atoms with Gasteiger partial charge in [-0.25, -0.2) is 9.97 Å². The van der Waals surface area contributed by atoms with Crippen molar-refractivity contribution in [3.8, 4) is 0 Å². The highest BCUT2D eigenvalue weighted by Gasteiger charge is 2.54. The van der Waals surface area contributed by atoms with Gasteiger partial charge in [0.05, 0.1) is 12.7 Å². The monoisotopic (exact) mass is 364 g/mol. The van der Waals surface area contributed by atoms with E-state index in [0.29, 0.717) is 11.6 Å². The Morgan fingerprint density at radius 2 is 2.17 bits per heavy atom. The van der Waals surface area contributed by atoms with Crippen molar-refractivity contribution >= 4 is 38.7 Å². The topological polar surface area (TPSA) is 80.4 Å². The first-order valence-electron chi connectivity index (χ1n) is 8.27. The van der Waals surface area contributed by atoms with E-state index in [1.54, 1.807) is 29.3 Å². The Kier molecular flexibility index (Phi) is 3.50. The van der Waals surface area contributed by atoms with Gasteiger partial charge in [0.25, 0.3) is 0 Å². The first kappa shape index (κ1) is 15.3. The normalized spacial score (nSPS) is 35.4. The quantitative estimate of drug-likeness (QED) is 0.800. The molecule has 2 atom stereocenters. The summed E-state index contributed by atoms with van der Waals surface area (Å²) < 4.78 is 6.32. The van der Waals surface area contributed by atoms with Crippen LogP contribution in [0.25, 0.3) is 10.5 Å². The van der Waals surface area contributed by atoms with Gasteiger partial charge >= 0.3 is 0 Å². The molecule has 2 aromatic heterocycles. The van der Waals surface area contributed by atoms with Gasteiger partial charge < -0.3 is 14.5 Å². The van der Waals surface area contributed by atoms with E-state index in [0.717, 1.165) is 28.1 Å². The number of aromatic nitrogens is 3. The minimum atomic E-state index is -0.439. The molecule has 9 heteroatoms. The molecule has 0 amide bonds. The average molecular weight is 365 g/mol. The van der Waals surface area contributed by atoms with E-state index < -0.39 is 6.35 Å². The van der Waals surface area contributed by atoms with Gasteiger partial charge in [0.1, 0.15) is 10.6 Å². The van der Waals surface area contributed by atoms with Crippen LogP contribution in [-0.4, -0.2) is 64.2 Å². The maximum Gasteiger partial charge on any atom is 0.192 e. The molecule has 7 nitrogen and oxygen atoms in total. The zero-order valence-electron chi connectivity index (χ0n) is 13.5. The molecule has 1 spiro atoms. The summed E-state index contributed by atoms with van der Waals surface area (Å²) in [5.74, 6) is 0.604. The smallest absolute Gasteiger partial charge is 0.192 e. The maximum atomic E-state index is 6.33. The molecule has 2 N–H and O–H groups in total. The summed E-state index contributed by atoms with van der Waals surface area (Å²) in [5.41, 5.74) is 6.88. The standard InChI is InChI=1S/C15H20N6OS2/c1-23-10-6-17-11-12(18-10)24-14(19-11)21-8-15(22-13(21)16)7-20-4-2-9(15)3-5-20/h6,9,13H,2-5,7-8,16H2,1H3. The predicted octanol–water partition coefficient (Wildman–Crippen LogP) is 1.35. The van der Waals surface area contributed by atoms with Crippen LogP contribution in [0.15, 0.2) is 11.2 Å². The van der Waals surface area contributed by atoms with Crippen LogP contribution in [-0.2, 0) is 4.74 Å². The molecule has 4 fully saturated rings. The number of nitrogens with zero attached hydrogens (tertiary/aromatic N) is 5. The predicted molar refractivity (Wildman–Crippen MR) is 95.3 cm³/mol. The molecule has 2 unspecified atom stereocenters. The molecular formula is C15H20N6OS2. The third kappa shape index (κ3) is 2.26. The minimum absolute atomic E-state index is 0.140. The van der Waals surface area contributed by atoms with Crippen molar-refractivity contribution in [1.82, 2.24) is 19.9 Å². The molecule has 0 aliphatic carbocycles. The Labute approximate surface area is 148 Å². The van der Waals surface area contributed by atoms with E-state index in [4.69, 9.17) is 10.5 Å². The Bertz CT molecular complexity index is 776. The summed E-state index contributed by atoms with van der Waals surface area (Å²) in [4.78, 5) is 19.1. The molecule has 2 bridgehead atoms. The van der Waals surface area contributed by atoms with Gasteiger partial charge in [-0.15, -0.1) is 11.8 Å². The van der Waals surface area contributed by atoms with E-state index in [2.05, 4.69) is 24.8 Å². The fraction of sp³-hybridized carbons (Fsp3) is 0.667. The van der Waals surface area contributed by atoms with Crippen molar-refractivity contribution in [1.29, 1.82) is 0 Å². The van der Waals surface area contributed by atoms with Gasteiger partial charge in [-0.2, -0.15) is 4.98 Å². The van der Waals surface area contributed by atoms with Crippen LogP contribution in [0.4, 0.5) is 5.13 Å². The van der Waals surface area contributed by atoms with Gasteiger partial charge in [0, 0.05) is 6.54 Å². The van der Waals surface area contributed by atoms with E-state index in [9.17, 15) is 0 Å². The second-order valence-electron chi connectivity index (χ2n) is 6.79. The molecule has 6 rings (SSSR count). The lowest BCUT2D eigenvalue weighted by atomic mass is 9.75. The lowest BCUT2D eigenvalue weighted by Crippen LogP contribution is -2.61. The second-order valence-corrected chi connectivity index (χ2v) is 8.57. The summed E-state index contributed by atoms with van der Waals surface area (Å²) in [7, 11) is 0. The van der Waals surface area contributed by atoms with E-state index in [1.165, 1.54) is 25.9 Å². The Morgan fingerprint density at radius 3 is 2.88 bits per heavy atom. The van der Waals surface area contributed by atoms with Crippen LogP contribution in [0.3, 0.4) is 0 Å². The summed E-state index contributed by atoms with van der Waals surface area (Å²) in [5, 5.41) is 1.78. The van der Waals surface area contributed by atoms with Crippen molar-refractivity contribution in [2.75, 3.05) is 37.3 Å².